The van der Waals surface area contributed by atoms with Gasteiger partial charge in [-0.2, -0.15) is 0 Å². The fourth-order valence-electron chi connectivity index (χ4n) is 0. The second-order valence-electron chi connectivity index (χ2n) is 0.565. The molecule has 0 bridgehead atoms. The van der Waals surface area contributed by atoms with E-state index in [4.69, 9.17) is 30.0 Å². The molecule has 8 N–H and O–H groups in total. The number of rotatable bonds is 0. The SMILES string of the molecule is O.O.O=C(O)O.O=C(O)O.[AlH3].[H-].[Li+]. The second-order valence-corrected chi connectivity index (χ2v) is 0.565. The van der Waals surface area contributed by atoms with Crippen molar-refractivity contribution in [2.45, 2.75) is 0 Å². The van der Waals surface area contributed by atoms with Gasteiger partial charge in [-0.1, -0.05) is 0 Å². The third-order valence-electron chi connectivity index (χ3n) is 0. The zero-order valence-corrected chi connectivity index (χ0v) is 5.61. The third kappa shape index (κ3) is 4210. The Morgan fingerprint density at radius 2 is 0.833 bits per heavy atom. The van der Waals surface area contributed by atoms with Gasteiger partial charge >= 0.3 is 31.2 Å². The van der Waals surface area contributed by atoms with E-state index in [1.165, 1.54) is 0 Å². The Hall–Kier alpha value is -0.410. The summed E-state index contributed by atoms with van der Waals surface area (Å²) < 4.78 is 0. The van der Waals surface area contributed by atoms with Crippen molar-refractivity contribution >= 4 is 29.7 Å². The second kappa shape index (κ2) is 31.2. The molecule has 0 atom stereocenters. The predicted molar refractivity (Wildman–Crippen MR) is 39.6 cm³/mol. The van der Waals surface area contributed by atoms with Gasteiger partial charge in [0.25, 0.3) is 0 Å². The van der Waals surface area contributed by atoms with Crippen LogP contribution in [0.4, 0.5) is 9.59 Å². The summed E-state index contributed by atoms with van der Waals surface area (Å²) in [5.74, 6) is 0. The van der Waals surface area contributed by atoms with E-state index in [9.17, 15) is 0 Å². The van der Waals surface area contributed by atoms with Crippen molar-refractivity contribution in [2.24, 2.45) is 0 Å². The molecule has 0 saturated heterocycles. The van der Waals surface area contributed by atoms with E-state index in [1.54, 1.807) is 0 Å². The molecule has 0 aromatic carbocycles. The zero-order chi connectivity index (χ0) is 7.15. The quantitative estimate of drug-likeness (QED) is 0.282. The topological polar surface area (TPSA) is 178 Å². The number of carboxylic acid groups (broad SMARTS) is 4. The normalized spacial score (nSPS) is 4.00. The maximum atomic E-state index is 8.56. The Bertz CT molecular complexity index is 80.1. The summed E-state index contributed by atoms with van der Waals surface area (Å²) in [6, 6.07) is 0. The van der Waals surface area contributed by atoms with E-state index < -0.39 is 12.3 Å². The van der Waals surface area contributed by atoms with E-state index in [0.29, 0.717) is 0 Å². The maximum Gasteiger partial charge on any atom is 1.00 e. The number of carbonyl (C=O) groups is 2. The summed E-state index contributed by atoms with van der Waals surface area (Å²) in [6.45, 7) is 0. The molecule has 0 amide bonds. The van der Waals surface area contributed by atoms with Crippen LogP contribution >= 0.6 is 0 Å². The number of hydrogen-bond donors (Lipinski definition) is 4. The molecule has 12 heavy (non-hydrogen) atoms. The van der Waals surface area contributed by atoms with Crippen LogP contribution in [-0.4, -0.2) is 61.1 Å². The first-order chi connectivity index (χ1) is 3.46. The average molecular weight is 198 g/mol. The first-order valence-corrected chi connectivity index (χ1v) is 1.30. The standard InChI is InChI=1S/2CH2O3.Al.Li.2H2O.4H/c2*2-1(3)4;;;;;;;;/h2*(H2,2,3,4);;;2*1H2;;;;/q;;;+1;;;;;;-1. The average Bonchev–Trinajstić information content (AvgIpc) is 1.25. The van der Waals surface area contributed by atoms with Crippen molar-refractivity contribution in [3.05, 3.63) is 0 Å². The Labute approximate surface area is 91.2 Å². The van der Waals surface area contributed by atoms with Crippen molar-refractivity contribution in [1.29, 1.82) is 0 Å². The maximum absolute atomic E-state index is 8.56. The third-order valence-corrected chi connectivity index (χ3v) is 0. The van der Waals surface area contributed by atoms with E-state index in [1.807, 2.05) is 0 Å². The van der Waals surface area contributed by atoms with Crippen molar-refractivity contribution in [3.8, 4) is 0 Å². The van der Waals surface area contributed by atoms with Gasteiger partial charge < -0.3 is 32.8 Å². The Kier molecular flexibility index (Phi) is 108. The van der Waals surface area contributed by atoms with Gasteiger partial charge in [0.2, 0.25) is 0 Å². The molecule has 0 aromatic rings. The molecule has 0 aliphatic carbocycles. The van der Waals surface area contributed by atoms with Gasteiger partial charge in [-0.3, -0.25) is 0 Å². The molecule has 0 aliphatic rings. The smallest absolute Gasteiger partial charge is 1.00 e. The summed E-state index contributed by atoms with van der Waals surface area (Å²) in [4.78, 5) is 17.1. The van der Waals surface area contributed by atoms with Crippen LogP contribution in [0.15, 0.2) is 0 Å². The summed E-state index contributed by atoms with van der Waals surface area (Å²) in [6.07, 6.45) is -3.67. The molecule has 0 aromatic heterocycles. The summed E-state index contributed by atoms with van der Waals surface area (Å²) in [7, 11) is 0. The molecule has 10 heteroatoms. The van der Waals surface area contributed by atoms with Crippen LogP contribution in [0.5, 0.6) is 0 Å². The number of hydrogen-bond acceptors (Lipinski definition) is 2. The minimum atomic E-state index is -1.83. The van der Waals surface area contributed by atoms with Crippen molar-refractivity contribution in [3.63, 3.8) is 0 Å². The van der Waals surface area contributed by atoms with E-state index >= 15 is 0 Å². The van der Waals surface area contributed by atoms with Gasteiger partial charge in [0.1, 0.15) is 0 Å². The zero-order valence-electron chi connectivity index (χ0n) is 6.61. The van der Waals surface area contributed by atoms with Crippen LogP contribution in [0.2, 0.25) is 0 Å². The molecule has 0 spiro atoms. The van der Waals surface area contributed by atoms with Crippen LogP contribution < -0.4 is 18.9 Å². The van der Waals surface area contributed by atoms with Crippen LogP contribution in [0, 0.1) is 0 Å². The van der Waals surface area contributed by atoms with Crippen LogP contribution in [0.3, 0.4) is 0 Å². The Morgan fingerprint density at radius 1 is 0.833 bits per heavy atom. The molecule has 0 saturated carbocycles. The minimum Gasteiger partial charge on any atom is -1.00 e. The van der Waals surface area contributed by atoms with Crippen molar-refractivity contribution in [2.75, 3.05) is 0 Å². The fraction of sp³-hybridized carbons (Fsp3) is 0. The molecule has 0 rings (SSSR count). The molecule has 0 fully saturated rings. The van der Waals surface area contributed by atoms with Gasteiger partial charge in [-0.15, -0.1) is 0 Å². The first kappa shape index (κ1) is 41.6. The summed E-state index contributed by atoms with van der Waals surface area (Å²) >= 11 is 0. The molecule has 0 radical (unpaired) electrons. The summed E-state index contributed by atoms with van der Waals surface area (Å²) in [5, 5.41) is 27.9. The molecular formula is C2H12AlLiO8. The van der Waals surface area contributed by atoms with Crippen LogP contribution in [0.25, 0.3) is 0 Å². The van der Waals surface area contributed by atoms with Gasteiger partial charge in [0.05, 0.1) is 0 Å². The molecular weight excluding hydrogens is 186 g/mol. The van der Waals surface area contributed by atoms with Gasteiger partial charge in [-0.25, -0.2) is 9.59 Å². The van der Waals surface area contributed by atoms with E-state index in [-0.39, 0.29) is 48.6 Å². The van der Waals surface area contributed by atoms with E-state index in [2.05, 4.69) is 0 Å². The van der Waals surface area contributed by atoms with Gasteiger partial charge in [0.15, 0.2) is 17.4 Å². The van der Waals surface area contributed by atoms with Gasteiger partial charge in [0, 0.05) is 0 Å². The first-order valence-electron chi connectivity index (χ1n) is 1.30. The monoisotopic (exact) mass is 198 g/mol. The molecule has 72 valence electrons. The fourth-order valence-corrected chi connectivity index (χ4v) is 0. The minimum absolute atomic E-state index is 0. The van der Waals surface area contributed by atoms with Crippen LogP contribution in [-0.2, 0) is 0 Å². The molecule has 0 unspecified atom stereocenters. The van der Waals surface area contributed by atoms with E-state index in [0.717, 1.165) is 0 Å². The Balaban J connectivity index is -0.00000000800. The van der Waals surface area contributed by atoms with Gasteiger partial charge in [-0.05, 0) is 0 Å². The van der Waals surface area contributed by atoms with Crippen molar-refractivity contribution < 1.29 is 61.3 Å². The predicted octanol–water partition coefficient (Wildman–Crippen LogP) is -5.27. The largest absolute Gasteiger partial charge is 1.00 e. The van der Waals surface area contributed by atoms with Crippen molar-refractivity contribution in [1.82, 2.24) is 0 Å². The summed E-state index contributed by atoms with van der Waals surface area (Å²) in [5.41, 5.74) is 0. The Morgan fingerprint density at radius 3 is 0.833 bits per heavy atom. The van der Waals surface area contributed by atoms with Crippen LogP contribution in [0.1, 0.15) is 1.43 Å². The molecule has 0 aliphatic heterocycles. The molecule has 0 heterocycles. The molecule has 8 nitrogen and oxygen atoms in total.